The highest BCUT2D eigenvalue weighted by Gasteiger charge is 2.22. The maximum atomic E-state index is 12.9. The van der Waals surface area contributed by atoms with Gasteiger partial charge < -0.3 is 10.2 Å². The first kappa shape index (κ1) is 17.3. The number of anilines is 1. The number of nitrogens with one attached hydrogen (secondary N) is 1. The van der Waals surface area contributed by atoms with Gasteiger partial charge in [0.1, 0.15) is 0 Å². The molecule has 2 heterocycles. The minimum absolute atomic E-state index is 0.0369. The largest absolute Gasteiger partial charge is 0.366 e. The molecule has 7 heteroatoms. The fraction of sp³-hybridized carbons (Fsp3) is 0.211. The molecule has 1 N–H and O–H groups in total. The van der Waals surface area contributed by atoms with Crippen LogP contribution in [0.4, 0.5) is 5.69 Å². The van der Waals surface area contributed by atoms with Gasteiger partial charge in [-0.15, -0.1) is 0 Å². The number of pyridine rings is 1. The van der Waals surface area contributed by atoms with Crippen molar-refractivity contribution in [2.24, 2.45) is 0 Å². The summed E-state index contributed by atoms with van der Waals surface area (Å²) < 4.78 is 25.9. The van der Waals surface area contributed by atoms with Gasteiger partial charge in [-0.05, 0) is 30.3 Å². The Morgan fingerprint density at radius 2 is 1.65 bits per heavy atom. The van der Waals surface area contributed by atoms with Crippen LogP contribution in [0.2, 0.25) is 5.02 Å². The van der Waals surface area contributed by atoms with Crippen molar-refractivity contribution in [1.82, 2.24) is 10.3 Å². The molecule has 0 saturated carbocycles. The smallest absolute Gasteiger partial charge is 0.223 e. The van der Waals surface area contributed by atoms with Crippen LogP contribution in [0.5, 0.6) is 0 Å². The van der Waals surface area contributed by atoms with Crippen molar-refractivity contribution in [2.75, 3.05) is 31.1 Å². The van der Waals surface area contributed by atoms with Gasteiger partial charge in [0, 0.05) is 31.6 Å². The van der Waals surface area contributed by atoms with E-state index in [1.807, 2.05) is 12.1 Å². The van der Waals surface area contributed by atoms with Crippen molar-refractivity contribution >= 4 is 38.0 Å². The maximum Gasteiger partial charge on any atom is 0.223 e. The second-order valence-electron chi connectivity index (χ2n) is 6.17. The van der Waals surface area contributed by atoms with E-state index in [0.29, 0.717) is 10.5 Å². The lowest BCUT2D eigenvalue weighted by atomic mass is 10.1. The highest BCUT2D eigenvalue weighted by atomic mass is 35.5. The Kier molecular flexibility index (Phi) is 4.56. The second kappa shape index (κ2) is 6.87. The molecule has 5 nitrogen and oxygen atoms in total. The predicted octanol–water partition coefficient (Wildman–Crippen LogP) is 3.13. The van der Waals surface area contributed by atoms with Crippen LogP contribution in [0.15, 0.2) is 64.5 Å². The van der Waals surface area contributed by atoms with Crippen molar-refractivity contribution < 1.29 is 8.42 Å². The van der Waals surface area contributed by atoms with Crippen LogP contribution >= 0.6 is 11.6 Å². The van der Waals surface area contributed by atoms with Crippen LogP contribution in [-0.4, -0.2) is 39.6 Å². The quantitative estimate of drug-likeness (QED) is 0.748. The van der Waals surface area contributed by atoms with Gasteiger partial charge in [0.25, 0.3) is 0 Å². The van der Waals surface area contributed by atoms with E-state index >= 15 is 0 Å². The van der Waals surface area contributed by atoms with Crippen LogP contribution in [-0.2, 0) is 9.84 Å². The molecular formula is C19H18ClN3O2S. The van der Waals surface area contributed by atoms with Crippen LogP contribution in [0.3, 0.4) is 0 Å². The minimum atomic E-state index is -3.68. The fourth-order valence-electron chi connectivity index (χ4n) is 3.19. The average molecular weight is 388 g/mol. The molecule has 4 rings (SSSR count). The van der Waals surface area contributed by atoms with Gasteiger partial charge in [-0.2, -0.15) is 0 Å². The van der Waals surface area contributed by atoms with E-state index in [2.05, 4.69) is 15.2 Å². The maximum absolute atomic E-state index is 12.9. The van der Waals surface area contributed by atoms with E-state index in [9.17, 15) is 8.42 Å². The first-order valence-corrected chi connectivity index (χ1v) is 10.3. The summed E-state index contributed by atoms with van der Waals surface area (Å²) in [6.45, 7) is 3.32. The third kappa shape index (κ3) is 3.05. The number of piperazine rings is 1. The third-order valence-electron chi connectivity index (χ3n) is 4.52. The van der Waals surface area contributed by atoms with Gasteiger partial charge in [0.2, 0.25) is 9.84 Å². The molecule has 1 aromatic heterocycles. The van der Waals surface area contributed by atoms with Crippen molar-refractivity contribution in [3.8, 4) is 0 Å². The highest BCUT2D eigenvalue weighted by molar-refractivity contribution is 7.91. The first-order chi connectivity index (χ1) is 12.6. The van der Waals surface area contributed by atoms with Crippen LogP contribution in [0, 0.1) is 0 Å². The number of nitrogens with zero attached hydrogens (tertiary/aromatic N) is 2. The molecule has 1 saturated heterocycles. The van der Waals surface area contributed by atoms with Crippen molar-refractivity contribution in [3.05, 3.63) is 59.6 Å². The van der Waals surface area contributed by atoms with E-state index in [4.69, 9.17) is 11.6 Å². The number of sulfone groups is 1. The molecular weight excluding hydrogens is 370 g/mol. The number of benzene rings is 2. The summed E-state index contributed by atoms with van der Waals surface area (Å²) in [6.07, 6.45) is 0. The molecule has 0 bridgehead atoms. The first-order valence-electron chi connectivity index (χ1n) is 8.42. The molecule has 0 unspecified atom stereocenters. The highest BCUT2D eigenvalue weighted by Crippen LogP contribution is 2.34. The minimum Gasteiger partial charge on any atom is -0.366 e. The summed E-state index contributed by atoms with van der Waals surface area (Å²) in [7, 11) is -3.68. The molecule has 1 aliphatic heterocycles. The van der Waals surface area contributed by atoms with E-state index < -0.39 is 9.84 Å². The average Bonchev–Trinajstić information content (AvgIpc) is 2.69. The Balaban J connectivity index is 1.89. The van der Waals surface area contributed by atoms with Gasteiger partial charge in [0.05, 0.1) is 21.1 Å². The molecule has 0 radical (unpaired) electrons. The predicted molar refractivity (Wildman–Crippen MR) is 104 cm³/mol. The molecule has 0 aliphatic carbocycles. The Hall–Kier alpha value is -2.15. The zero-order valence-electron chi connectivity index (χ0n) is 14.0. The Morgan fingerprint density at radius 3 is 2.38 bits per heavy atom. The van der Waals surface area contributed by atoms with Crippen molar-refractivity contribution in [2.45, 2.75) is 9.92 Å². The molecule has 0 atom stereocenters. The number of hydrogen-bond donors (Lipinski definition) is 1. The van der Waals surface area contributed by atoms with Crippen LogP contribution in [0.1, 0.15) is 0 Å². The summed E-state index contributed by atoms with van der Waals surface area (Å²) in [5, 5.41) is 4.80. The van der Waals surface area contributed by atoms with Gasteiger partial charge in [0.15, 0.2) is 5.03 Å². The lowest BCUT2D eigenvalue weighted by Gasteiger charge is -2.30. The summed E-state index contributed by atoms with van der Waals surface area (Å²) in [5.41, 5.74) is 1.42. The van der Waals surface area contributed by atoms with Crippen LogP contribution in [0.25, 0.3) is 10.9 Å². The number of halogens is 1. The fourth-order valence-corrected chi connectivity index (χ4v) is 4.68. The number of aromatic nitrogens is 1. The molecule has 0 amide bonds. The number of hydrogen-bond acceptors (Lipinski definition) is 5. The zero-order chi connectivity index (χ0) is 18.1. The molecule has 134 valence electrons. The van der Waals surface area contributed by atoms with Crippen LogP contribution < -0.4 is 10.2 Å². The summed E-state index contributed by atoms with van der Waals surface area (Å²) in [6, 6.07) is 15.4. The van der Waals surface area contributed by atoms with Gasteiger partial charge in [-0.1, -0.05) is 35.9 Å². The Labute approximate surface area is 157 Å². The third-order valence-corrected chi connectivity index (χ3v) is 6.50. The summed E-state index contributed by atoms with van der Waals surface area (Å²) in [4.78, 5) is 6.92. The summed E-state index contributed by atoms with van der Waals surface area (Å²) in [5.74, 6) is 0. The second-order valence-corrected chi connectivity index (χ2v) is 8.47. The number of fused-ring (bicyclic) bond motifs is 1. The number of rotatable bonds is 3. The van der Waals surface area contributed by atoms with Gasteiger partial charge >= 0.3 is 0 Å². The molecule has 2 aromatic carbocycles. The van der Waals surface area contributed by atoms with Gasteiger partial charge in [-0.25, -0.2) is 13.4 Å². The van der Waals surface area contributed by atoms with Crippen molar-refractivity contribution in [1.29, 1.82) is 0 Å². The van der Waals surface area contributed by atoms with E-state index in [-0.39, 0.29) is 9.92 Å². The normalized spacial score (nSPS) is 15.3. The summed E-state index contributed by atoms with van der Waals surface area (Å²) >= 11 is 6.47. The SMILES string of the molecule is O=S(=O)(c1ccccc1)c1ccc2ccc(Cl)c(N3CCNCC3)c2n1. The standard InChI is InChI=1S/C19H18ClN3O2S/c20-16-8-6-14-7-9-17(26(24,25)15-4-2-1-3-5-15)22-18(14)19(16)23-12-10-21-11-13-23/h1-9,21H,10-13H2. The molecule has 3 aromatic rings. The lowest BCUT2D eigenvalue weighted by Crippen LogP contribution is -2.43. The van der Waals surface area contributed by atoms with Crippen molar-refractivity contribution in [3.63, 3.8) is 0 Å². The zero-order valence-corrected chi connectivity index (χ0v) is 15.6. The molecule has 26 heavy (non-hydrogen) atoms. The topological polar surface area (TPSA) is 62.3 Å². The molecule has 1 fully saturated rings. The van der Waals surface area contributed by atoms with Gasteiger partial charge in [-0.3, -0.25) is 0 Å². The van der Waals surface area contributed by atoms with E-state index in [1.165, 1.54) is 0 Å². The van der Waals surface area contributed by atoms with E-state index in [0.717, 1.165) is 37.3 Å². The Morgan fingerprint density at radius 1 is 0.962 bits per heavy atom. The monoisotopic (exact) mass is 387 g/mol. The lowest BCUT2D eigenvalue weighted by molar-refractivity contribution is 0.589. The molecule has 0 spiro atoms. The van der Waals surface area contributed by atoms with E-state index in [1.54, 1.807) is 42.5 Å². The molecule has 1 aliphatic rings. The Bertz CT molecular complexity index is 1050.